The summed E-state index contributed by atoms with van der Waals surface area (Å²) in [7, 11) is 1.47. The Labute approximate surface area is 212 Å². The van der Waals surface area contributed by atoms with Crippen LogP contribution in [-0.4, -0.2) is 28.5 Å². The van der Waals surface area contributed by atoms with Gasteiger partial charge in [0, 0.05) is 22.5 Å². The summed E-state index contributed by atoms with van der Waals surface area (Å²) in [6.07, 6.45) is 0. The molecular formula is C29H23FN4O3. The number of fused-ring (bicyclic) bond motifs is 1. The van der Waals surface area contributed by atoms with Crippen LogP contribution in [0.4, 0.5) is 15.8 Å². The Morgan fingerprint density at radius 2 is 1.59 bits per heavy atom. The number of carbonyl (C=O) groups is 2. The van der Waals surface area contributed by atoms with Gasteiger partial charge in [0.05, 0.1) is 23.8 Å². The maximum atomic E-state index is 13.5. The van der Waals surface area contributed by atoms with Gasteiger partial charge in [-0.1, -0.05) is 24.3 Å². The Bertz CT molecular complexity index is 1630. The molecule has 184 valence electrons. The second-order valence-corrected chi connectivity index (χ2v) is 8.37. The average Bonchev–Trinajstić information content (AvgIpc) is 3.24. The molecule has 5 rings (SSSR count). The maximum absolute atomic E-state index is 13.5. The summed E-state index contributed by atoms with van der Waals surface area (Å²) >= 11 is 0. The molecule has 0 bridgehead atoms. The van der Waals surface area contributed by atoms with Crippen LogP contribution in [-0.2, 0) is 0 Å². The number of imidazole rings is 1. The van der Waals surface area contributed by atoms with Crippen LogP contribution in [0.1, 0.15) is 26.5 Å². The van der Waals surface area contributed by atoms with Gasteiger partial charge in [-0.25, -0.2) is 9.37 Å². The number of aromatic nitrogens is 2. The summed E-state index contributed by atoms with van der Waals surface area (Å²) < 4.78 is 20.9. The fourth-order valence-electron chi connectivity index (χ4n) is 4.16. The van der Waals surface area contributed by atoms with Crippen LogP contribution in [0.5, 0.6) is 5.75 Å². The van der Waals surface area contributed by atoms with E-state index < -0.39 is 11.7 Å². The first kappa shape index (κ1) is 23.7. The molecule has 0 aliphatic heterocycles. The van der Waals surface area contributed by atoms with Gasteiger partial charge in [-0.15, -0.1) is 0 Å². The van der Waals surface area contributed by atoms with Crippen molar-refractivity contribution in [3.8, 4) is 11.4 Å². The van der Waals surface area contributed by atoms with Gasteiger partial charge < -0.3 is 15.4 Å². The van der Waals surface area contributed by atoms with Crippen LogP contribution in [0.2, 0.25) is 0 Å². The van der Waals surface area contributed by atoms with Crippen molar-refractivity contribution in [2.75, 3.05) is 17.7 Å². The zero-order chi connectivity index (χ0) is 25.9. The van der Waals surface area contributed by atoms with E-state index >= 15 is 0 Å². The quantitative estimate of drug-likeness (QED) is 0.304. The standard InChI is InChI=1S/C29H23FN4O3/c1-18-31-24-16-20(11-13-26(24)34(18)23-9-4-3-5-10-23)28(35)32-22-12-14-27(37-2)25(17-22)33-29(36)19-7-6-8-21(30)15-19/h3-17H,1-2H3,(H,32,35)(H,33,36). The lowest BCUT2D eigenvalue weighted by Crippen LogP contribution is -2.15. The van der Waals surface area contributed by atoms with Gasteiger partial charge in [0.1, 0.15) is 17.4 Å². The van der Waals surface area contributed by atoms with Crippen LogP contribution < -0.4 is 15.4 Å². The van der Waals surface area contributed by atoms with Crippen molar-refractivity contribution in [1.29, 1.82) is 0 Å². The van der Waals surface area contributed by atoms with Gasteiger partial charge in [-0.05, 0) is 73.7 Å². The summed E-state index contributed by atoms with van der Waals surface area (Å²) in [5.74, 6) is -0.141. The van der Waals surface area contributed by atoms with Crippen LogP contribution in [0.3, 0.4) is 0 Å². The molecule has 0 saturated carbocycles. The first-order valence-corrected chi connectivity index (χ1v) is 11.5. The average molecular weight is 495 g/mol. The SMILES string of the molecule is COc1ccc(NC(=O)c2ccc3c(c2)nc(C)n3-c2ccccc2)cc1NC(=O)c1cccc(F)c1. The van der Waals surface area contributed by atoms with E-state index in [1.807, 2.05) is 47.9 Å². The minimum absolute atomic E-state index is 0.162. The molecule has 0 spiro atoms. The van der Waals surface area contributed by atoms with Gasteiger partial charge in [0.15, 0.2) is 0 Å². The molecule has 37 heavy (non-hydrogen) atoms. The lowest BCUT2D eigenvalue weighted by atomic mass is 10.1. The lowest BCUT2D eigenvalue weighted by Gasteiger charge is -2.13. The van der Waals surface area contributed by atoms with E-state index in [0.29, 0.717) is 28.2 Å². The van der Waals surface area contributed by atoms with E-state index in [-0.39, 0.29) is 11.5 Å². The molecule has 0 atom stereocenters. The number of nitrogens with one attached hydrogen (secondary N) is 2. The van der Waals surface area contributed by atoms with Gasteiger partial charge in [-0.2, -0.15) is 0 Å². The number of hydrogen-bond acceptors (Lipinski definition) is 4. The van der Waals surface area contributed by atoms with Gasteiger partial charge in [0.2, 0.25) is 0 Å². The first-order valence-electron chi connectivity index (χ1n) is 11.5. The summed E-state index contributed by atoms with van der Waals surface area (Å²) in [6.45, 7) is 1.92. The molecule has 0 fully saturated rings. The van der Waals surface area contributed by atoms with Gasteiger partial charge >= 0.3 is 0 Å². The number of aryl methyl sites for hydroxylation is 1. The number of anilines is 2. The minimum atomic E-state index is -0.513. The Kier molecular flexibility index (Phi) is 6.38. The molecule has 8 heteroatoms. The number of benzene rings is 4. The number of ether oxygens (including phenoxy) is 1. The lowest BCUT2D eigenvalue weighted by molar-refractivity contribution is 0.101. The van der Waals surface area contributed by atoms with Gasteiger partial charge in [-0.3, -0.25) is 14.2 Å². The molecule has 2 N–H and O–H groups in total. The van der Waals surface area contributed by atoms with E-state index in [0.717, 1.165) is 23.1 Å². The molecule has 0 aliphatic carbocycles. The predicted molar refractivity (Wildman–Crippen MR) is 141 cm³/mol. The van der Waals surface area contributed by atoms with E-state index in [4.69, 9.17) is 4.74 Å². The van der Waals surface area contributed by atoms with Crippen LogP contribution >= 0.6 is 0 Å². The normalized spacial score (nSPS) is 10.8. The summed E-state index contributed by atoms with van der Waals surface area (Å²) in [6, 6.07) is 25.5. The van der Waals surface area contributed by atoms with E-state index in [9.17, 15) is 14.0 Å². The Balaban J connectivity index is 1.38. The zero-order valence-electron chi connectivity index (χ0n) is 20.2. The van der Waals surface area contributed by atoms with Gasteiger partial charge in [0.25, 0.3) is 11.8 Å². The smallest absolute Gasteiger partial charge is 0.255 e. The fraction of sp³-hybridized carbons (Fsp3) is 0.0690. The highest BCUT2D eigenvalue weighted by molar-refractivity contribution is 6.08. The number of para-hydroxylation sites is 1. The Hall–Kier alpha value is -4.98. The monoisotopic (exact) mass is 494 g/mol. The molecule has 0 radical (unpaired) electrons. The fourth-order valence-corrected chi connectivity index (χ4v) is 4.16. The number of methoxy groups -OCH3 is 1. The highest BCUT2D eigenvalue weighted by Crippen LogP contribution is 2.29. The largest absolute Gasteiger partial charge is 0.495 e. The maximum Gasteiger partial charge on any atom is 0.255 e. The van der Waals surface area contributed by atoms with Crippen LogP contribution in [0.15, 0.2) is 91.0 Å². The number of hydrogen-bond donors (Lipinski definition) is 2. The number of amides is 2. The van der Waals surface area contributed by atoms with E-state index in [2.05, 4.69) is 15.6 Å². The topological polar surface area (TPSA) is 85.2 Å². The van der Waals surface area contributed by atoms with Crippen molar-refractivity contribution >= 4 is 34.2 Å². The van der Waals surface area contributed by atoms with E-state index in [1.165, 1.54) is 25.3 Å². The third-order valence-corrected chi connectivity index (χ3v) is 5.89. The zero-order valence-corrected chi connectivity index (χ0v) is 20.2. The van der Waals surface area contributed by atoms with Crippen molar-refractivity contribution in [3.05, 3.63) is 114 Å². The van der Waals surface area contributed by atoms with Crippen molar-refractivity contribution in [3.63, 3.8) is 0 Å². The third-order valence-electron chi connectivity index (χ3n) is 5.89. The number of nitrogens with zero attached hydrogens (tertiary/aromatic N) is 2. The van der Waals surface area contributed by atoms with Crippen molar-refractivity contribution in [2.45, 2.75) is 6.92 Å². The van der Waals surface area contributed by atoms with Crippen LogP contribution in [0.25, 0.3) is 16.7 Å². The van der Waals surface area contributed by atoms with Crippen LogP contribution in [0, 0.1) is 12.7 Å². The summed E-state index contributed by atoms with van der Waals surface area (Å²) in [4.78, 5) is 30.3. The van der Waals surface area contributed by atoms with Crippen molar-refractivity contribution in [1.82, 2.24) is 9.55 Å². The molecule has 0 unspecified atom stereocenters. The number of halogens is 1. The molecule has 0 aliphatic rings. The summed E-state index contributed by atoms with van der Waals surface area (Å²) in [5.41, 5.74) is 3.97. The number of rotatable bonds is 6. The Morgan fingerprint density at radius 3 is 2.35 bits per heavy atom. The Morgan fingerprint density at radius 1 is 0.838 bits per heavy atom. The van der Waals surface area contributed by atoms with Crippen molar-refractivity contribution in [2.24, 2.45) is 0 Å². The first-order chi connectivity index (χ1) is 17.9. The molecule has 7 nitrogen and oxygen atoms in total. The predicted octanol–water partition coefficient (Wildman–Crippen LogP) is 5.99. The van der Waals surface area contributed by atoms with Crippen molar-refractivity contribution < 1.29 is 18.7 Å². The minimum Gasteiger partial charge on any atom is -0.495 e. The second kappa shape index (κ2) is 9.94. The third kappa shape index (κ3) is 4.90. The summed E-state index contributed by atoms with van der Waals surface area (Å²) in [5, 5.41) is 5.56. The molecular weight excluding hydrogens is 471 g/mol. The van der Waals surface area contributed by atoms with E-state index in [1.54, 1.807) is 30.3 Å². The molecule has 5 aromatic rings. The highest BCUT2D eigenvalue weighted by atomic mass is 19.1. The number of carbonyl (C=O) groups excluding carboxylic acids is 2. The molecule has 4 aromatic carbocycles. The molecule has 1 aromatic heterocycles. The molecule has 2 amide bonds. The highest BCUT2D eigenvalue weighted by Gasteiger charge is 2.15. The molecule has 0 saturated heterocycles. The second-order valence-electron chi connectivity index (χ2n) is 8.37. The molecule has 1 heterocycles.